The van der Waals surface area contributed by atoms with Crippen LogP contribution in [-0.4, -0.2) is 16.0 Å². The number of hydrogen-bond acceptors (Lipinski definition) is 2. The van der Waals surface area contributed by atoms with Crippen molar-refractivity contribution in [3.63, 3.8) is 0 Å². The lowest BCUT2D eigenvalue weighted by Gasteiger charge is -2.04. The molecule has 82 valence electrons. The number of urea groups is 1. The first-order valence-electron chi connectivity index (χ1n) is 4.57. The molecule has 0 aliphatic carbocycles. The highest BCUT2D eigenvalue weighted by atomic mass is 19.1. The van der Waals surface area contributed by atoms with Crippen LogP contribution < -0.4 is 10.6 Å². The lowest BCUT2D eigenvalue weighted by molar-refractivity contribution is 0.262. The first kappa shape index (κ1) is 10.2. The largest absolute Gasteiger partial charge is 0.331 e. The fourth-order valence-corrected chi connectivity index (χ4v) is 1.17. The second-order valence-electron chi connectivity index (χ2n) is 3.03. The van der Waals surface area contributed by atoms with Crippen LogP contribution in [0.4, 0.5) is 20.8 Å². The smallest absolute Gasteiger partial charge is 0.326 e. The normalized spacial score (nSPS) is 9.81. The molecule has 0 fully saturated rings. The van der Waals surface area contributed by atoms with Gasteiger partial charge in [0.1, 0.15) is 5.82 Å². The van der Waals surface area contributed by atoms with Crippen LogP contribution in [-0.2, 0) is 0 Å². The van der Waals surface area contributed by atoms with Crippen LogP contribution in [0.3, 0.4) is 0 Å². The van der Waals surface area contributed by atoms with Crippen LogP contribution in [0.1, 0.15) is 0 Å². The number of aromatic amines is 1. The Morgan fingerprint density at radius 3 is 2.94 bits per heavy atom. The van der Waals surface area contributed by atoms with Gasteiger partial charge in [0.05, 0.1) is 0 Å². The Labute approximate surface area is 90.7 Å². The number of aromatic nitrogens is 2. The van der Waals surface area contributed by atoms with E-state index in [1.807, 2.05) is 0 Å². The number of hydrogen-bond donors (Lipinski definition) is 3. The Kier molecular flexibility index (Phi) is 2.81. The summed E-state index contributed by atoms with van der Waals surface area (Å²) < 4.78 is 12.8. The molecular weight excluding hydrogens is 211 g/mol. The number of nitrogens with zero attached hydrogens (tertiary/aromatic N) is 1. The Hall–Kier alpha value is -2.37. The Morgan fingerprint density at radius 1 is 1.38 bits per heavy atom. The number of nitrogens with one attached hydrogen (secondary N) is 3. The quantitative estimate of drug-likeness (QED) is 0.726. The van der Waals surface area contributed by atoms with Crippen LogP contribution in [0.2, 0.25) is 0 Å². The minimum absolute atomic E-state index is 0.328. The summed E-state index contributed by atoms with van der Waals surface area (Å²) in [5.74, 6) is -0.0790. The molecule has 5 nitrogen and oxygen atoms in total. The number of benzene rings is 1. The van der Waals surface area contributed by atoms with E-state index >= 15 is 0 Å². The van der Waals surface area contributed by atoms with Gasteiger partial charge in [0.2, 0.25) is 5.95 Å². The van der Waals surface area contributed by atoms with Crippen molar-refractivity contribution >= 4 is 17.7 Å². The molecule has 0 atom stereocenters. The maximum atomic E-state index is 12.8. The molecule has 1 heterocycles. The molecule has 0 spiro atoms. The molecule has 1 aromatic carbocycles. The lowest BCUT2D eigenvalue weighted by Crippen LogP contribution is -2.20. The van der Waals surface area contributed by atoms with Crippen LogP contribution in [0, 0.1) is 5.82 Å². The molecule has 2 rings (SSSR count). The number of amides is 2. The third-order valence-electron chi connectivity index (χ3n) is 1.81. The van der Waals surface area contributed by atoms with Crippen molar-refractivity contribution in [2.75, 3.05) is 10.6 Å². The second kappa shape index (κ2) is 4.43. The topological polar surface area (TPSA) is 69.8 Å². The molecule has 0 unspecified atom stereocenters. The highest BCUT2D eigenvalue weighted by Crippen LogP contribution is 2.09. The van der Waals surface area contributed by atoms with Crippen LogP contribution in [0.25, 0.3) is 0 Å². The fraction of sp³-hybridized carbons (Fsp3) is 0. The number of rotatable bonds is 2. The zero-order valence-corrected chi connectivity index (χ0v) is 8.20. The summed E-state index contributed by atoms with van der Waals surface area (Å²) >= 11 is 0. The van der Waals surface area contributed by atoms with E-state index in [-0.39, 0.29) is 0 Å². The van der Waals surface area contributed by atoms with E-state index in [2.05, 4.69) is 20.6 Å². The summed E-state index contributed by atoms with van der Waals surface area (Å²) in [5.41, 5.74) is 0.379. The molecule has 0 saturated heterocycles. The van der Waals surface area contributed by atoms with Gasteiger partial charge >= 0.3 is 6.03 Å². The number of carbonyl (C=O) groups is 1. The second-order valence-corrected chi connectivity index (χ2v) is 3.03. The molecule has 0 saturated carbocycles. The van der Waals surface area contributed by atoms with Crippen LogP contribution in [0.5, 0.6) is 0 Å². The van der Waals surface area contributed by atoms with Crippen LogP contribution >= 0.6 is 0 Å². The summed E-state index contributed by atoms with van der Waals surface area (Å²) in [7, 11) is 0. The first-order chi connectivity index (χ1) is 7.74. The molecular formula is C10H9FN4O. The molecule has 3 N–H and O–H groups in total. The van der Waals surface area contributed by atoms with E-state index in [0.717, 1.165) is 0 Å². The van der Waals surface area contributed by atoms with Crippen molar-refractivity contribution in [3.05, 3.63) is 42.5 Å². The third-order valence-corrected chi connectivity index (χ3v) is 1.81. The van der Waals surface area contributed by atoms with Gasteiger partial charge < -0.3 is 10.3 Å². The van der Waals surface area contributed by atoms with Crippen LogP contribution in [0.15, 0.2) is 36.7 Å². The summed E-state index contributed by atoms with van der Waals surface area (Å²) in [6.07, 6.45) is 3.09. The first-order valence-corrected chi connectivity index (χ1v) is 4.57. The predicted molar refractivity (Wildman–Crippen MR) is 57.6 cm³/mol. The Morgan fingerprint density at radius 2 is 2.25 bits per heavy atom. The summed E-state index contributed by atoms with van der Waals surface area (Å²) in [6, 6.07) is 5.14. The SMILES string of the molecule is O=C(Nc1cccc(F)c1)Nc1ncc[nH]1. The number of anilines is 2. The maximum absolute atomic E-state index is 12.8. The van der Waals surface area contributed by atoms with Gasteiger partial charge in [-0.25, -0.2) is 14.2 Å². The maximum Gasteiger partial charge on any atom is 0.326 e. The van der Waals surface area contributed by atoms with Gasteiger partial charge in [0, 0.05) is 18.1 Å². The number of halogens is 1. The average Bonchev–Trinajstić information content (AvgIpc) is 2.70. The van der Waals surface area contributed by atoms with Crippen molar-refractivity contribution in [3.8, 4) is 0 Å². The number of imidazole rings is 1. The predicted octanol–water partition coefficient (Wildman–Crippen LogP) is 2.19. The Bertz CT molecular complexity index is 483. The van der Waals surface area contributed by atoms with Gasteiger partial charge in [0.25, 0.3) is 0 Å². The zero-order valence-electron chi connectivity index (χ0n) is 8.20. The minimum atomic E-state index is -0.486. The van der Waals surface area contributed by atoms with Gasteiger partial charge in [-0.1, -0.05) is 6.07 Å². The van der Waals surface area contributed by atoms with Crippen molar-refractivity contribution < 1.29 is 9.18 Å². The molecule has 0 radical (unpaired) electrons. The van der Waals surface area contributed by atoms with Crippen molar-refractivity contribution in [1.82, 2.24) is 9.97 Å². The highest BCUT2D eigenvalue weighted by molar-refractivity contribution is 5.98. The van der Waals surface area contributed by atoms with Crippen molar-refractivity contribution in [2.24, 2.45) is 0 Å². The molecule has 16 heavy (non-hydrogen) atoms. The molecule has 0 aliphatic rings. The summed E-state index contributed by atoms with van der Waals surface area (Å²) in [6.45, 7) is 0. The van der Waals surface area contributed by atoms with Crippen molar-refractivity contribution in [1.29, 1.82) is 0 Å². The van der Waals surface area contributed by atoms with Crippen molar-refractivity contribution in [2.45, 2.75) is 0 Å². The van der Waals surface area contributed by atoms with Gasteiger partial charge in [-0.2, -0.15) is 0 Å². The van der Waals surface area contributed by atoms with E-state index in [0.29, 0.717) is 11.6 Å². The molecule has 6 heteroatoms. The standard InChI is InChI=1S/C10H9FN4O/c11-7-2-1-3-8(6-7)14-10(16)15-9-12-4-5-13-9/h1-6H,(H3,12,13,14,15,16). The lowest BCUT2D eigenvalue weighted by atomic mass is 10.3. The average molecular weight is 220 g/mol. The van der Waals surface area contributed by atoms with Gasteiger partial charge in [-0.15, -0.1) is 0 Å². The number of carbonyl (C=O) groups excluding carboxylic acids is 1. The zero-order chi connectivity index (χ0) is 11.4. The monoisotopic (exact) mass is 220 g/mol. The van der Waals surface area contributed by atoms with E-state index in [9.17, 15) is 9.18 Å². The third kappa shape index (κ3) is 2.57. The summed E-state index contributed by atoms with van der Waals surface area (Å²) in [5, 5.41) is 4.92. The minimum Gasteiger partial charge on any atom is -0.331 e. The van der Waals surface area contributed by atoms with E-state index in [1.165, 1.54) is 24.4 Å². The molecule has 2 aromatic rings. The molecule has 0 bridgehead atoms. The fourth-order valence-electron chi connectivity index (χ4n) is 1.17. The van der Waals surface area contributed by atoms with Gasteiger partial charge in [-0.3, -0.25) is 5.32 Å². The molecule has 1 aromatic heterocycles. The Balaban J connectivity index is 1.97. The molecule has 0 aliphatic heterocycles. The van der Waals surface area contributed by atoms with E-state index < -0.39 is 11.8 Å². The summed E-state index contributed by atoms with van der Waals surface area (Å²) in [4.78, 5) is 17.9. The van der Waals surface area contributed by atoms with E-state index in [1.54, 1.807) is 12.3 Å². The molecule has 2 amide bonds. The van der Waals surface area contributed by atoms with E-state index in [4.69, 9.17) is 0 Å². The number of H-pyrrole nitrogens is 1. The van der Waals surface area contributed by atoms with Gasteiger partial charge in [-0.05, 0) is 18.2 Å². The van der Waals surface area contributed by atoms with Gasteiger partial charge in [0.15, 0.2) is 0 Å². The highest BCUT2D eigenvalue weighted by Gasteiger charge is 2.03.